The number of hydrogen-bond donors (Lipinski definition) is 1. The second-order valence-corrected chi connectivity index (χ2v) is 3.37. The number of anilines is 1. The first kappa shape index (κ1) is 7.50. The third-order valence-corrected chi connectivity index (χ3v) is 2.51. The van der Waals surface area contributed by atoms with Crippen molar-refractivity contribution in [3.8, 4) is 0 Å². The summed E-state index contributed by atoms with van der Waals surface area (Å²) in [5.74, 6) is 0. The monoisotopic (exact) mass is 183 g/mol. The van der Waals surface area contributed by atoms with Gasteiger partial charge in [-0.1, -0.05) is 6.08 Å². The lowest BCUT2D eigenvalue weighted by atomic mass is 10.1. The smallest absolute Gasteiger partial charge is 0.112 e. The molecule has 3 nitrogen and oxygen atoms in total. The zero-order valence-electron chi connectivity index (χ0n) is 7.57. The number of nitrogens with two attached hydrogens (primary N) is 1. The number of pyridine rings is 2. The average Bonchev–Trinajstić information content (AvgIpc) is 2.66. The Morgan fingerprint density at radius 3 is 3.21 bits per heavy atom. The second kappa shape index (κ2) is 2.54. The minimum absolute atomic E-state index is 0.774. The van der Waals surface area contributed by atoms with Gasteiger partial charge in [0.25, 0.3) is 0 Å². The van der Waals surface area contributed by atoms with E-state index in [1.807, 2.05) is 18.2 Å². The van der Waals surface area contributed by atoms with E-state index in [-0.39, 0.29) is 0 Å². The van der Waals surface area contributed by atoms with E-state index >= 15 is 0 Å². The second-order valence-electron chi connectivity index (χ2n) is 3.37. The fourth-order valence-electron chi connectivity index (χ4n) is 1.81. The van der Waals surface area contributed by atoms with Gasteiger partial charge in [-0.2, -0.15) is 0 Å². The molecule has 14 heavy (non-hydrogen) atoms. The summed E-state index contributed by atoms with van der Waals surface area (Å²) in [5.41, 5.74) is 10.6. The molecule has 0 bridgehead atoms. The molecule has 0 saturated carbocycles. The Bertz CT molecular complexity index is 543. The summed E-state index contributed by atoms with van der Waals surface area (Å²) in [7, 11) is 0. The van der Waals surface area contributed by atoms with Crippen molar-refractivity contribution >= 4 is 22.8 Å². The molecule has 2 aromatic heterocycles. The normalized spacial score (nSPS) is 13.4. The SMILES string of the molecule is Nc1c2c(nc3cccnc13)C=CC2. The summed E-state index contributed by atoms with van der Waals surface area (Å²) in [6.07, 6.45) is 6.71. The molecular weight excluding hydrogens is 174 g/mol. The third kappa shape index (κ3) is 0.865. The number of hydrogen-bond acceptors (Lipinski definition) is 3. The minimum Gasteiger partial charge on any atom is -0.397 e. The standard InChI is InChI=1S/C11H9N3/c12-10-7-3-1-4-8(7)14-9-5-2-6-13-11(9)10/h1-2,4-6H,3H2,(H2,12,14). The summed E-state index contributed by atoms with van der Waals surface area (Å²) >= 11 is 0. The van der Waals surface area contributed by atoms with Crippen LogP contribution in [0, 0.1) is 0 Å². The molecule has 1 aliphatic rings. The van der Waals surface area contributed by atoms with Crippen LogP contribution in [0.1, 0.15) is 11.3 Å². The Kier molecular flexibility index (Phi) is 1.36. The average molecular weight is 183 g/mol. The topological polar surface area (TPSA) is 51.8 Å². The number of aromatic nitrogens is 2. The fourth-order valence-corrected chi connectivity index (χ4v) is 1.81. The highest BCUT2D eigenvalue weighted by molar-refractivity contribution is 5.90. The molecule has 2 heterocycles. The molecule has 2 aromatic rings. The maximum atomic E-state index is 6.03. The van der Waals surface area contributed by atoms with Crippen LogP contribution in [0.15, 0.2) is 24.4 Å². The molecule has 68 valence electrons. The van der Waals surface area contributed by atoms with Gasteiger partial charge in [0.2, 0.25) is 0 Å². The van der Waals surface area contributed by atoms with E-state index in [9.17, 15) is 0 Å². The molecule has 3 heteroatoms. The van der Waals surface area contributed by atoms with Crippen LogP contribution in [0.3, 0.4) is 0 Å². The van der Waals surface area contributed by atoms with Gasteiger partial charge in [-0.05, 0) is 24.6 Å². The van der Waals surface area contributed by atoms with Gasteiger partial charge in [0.05, 0.1) is 16.9 Å². The predicted molar refractivity (Wildman–Crippen MR) is 56.7 cm³/mol. The predicted octanol–water partition coefficient (Wildman–Crippen LogP) is 1.78. The minimum atomic E-state index is 0.774. The Morgan fingerprint density at radius 1 is 1.36 bits per heavy atom. The van der Waals surface area contributed by atoms with Gasteiger partial charge < -0.3 is 5.73 Å². The maximum absolute atomic E-state index is 6.03. The van der Waals surface area contributed by atoms with Crippen molar-refractivity contribution in [3.05, 3.63) is 35.7 Å². The lowest BCUT2D eigenvalue weighted by molar-refractivity contribution is 1.24. The lowest BCUT2D eigenvalue weighted by Gasteiger charge is -2.06. The molecule has 0 spiro atoms. The summed E-state index contributed by atoms with van der Waals surface area (Å²) in [6.45, 7) is 0. The van der Waals surface area contributed by atoms with Crippen molar-refractivity contribution in [1.29, 1.82) is 0 Å². The Labute approximate surface area is 81.3 Å². The highest BCUT2D eigenvalue weighted by Crippen LogP contribution is 2.28. The number of nitrogens with zero attached hydrogens (tertiary/aromatic N) is 2. The highest BCUT2D eigenvalue weighted by atomic mass is 14.8. The van der Waals surface area contributed by atoms with Crippen LogP contribution in [0.2, 0.25) is 0 Å². The largest absolute Gasteiger partial charge is 0.397 e. The highest BCUT2D eigenvalue weighted by Gasteiger charge is 2.13. The van der Waals surface area contributed by atoms with E-state index in [2.05, 4.69) is 16.0 Å². The van der Waals surface area contributed by atoms with Crippen LogP contribution in [-0.2, 0) is 6.42 Å². The van der Waals surface area contributed by atoms with Crippen molar-refractivity contribution in [2.75, 3.05) is 5.73 Å². The molecule has 2 N–H and O–H groups in total. The summed E-state index contributed by atoms with van der Waals surface area (Å²) in [6, 6.07) is 3.81. The van der Waals surface area contributed by atoms with Gasteiger partial charge in [-0.3, -0.25) is 4.98 Å². The Balaban J connectivity index is 2.47. The first-order valence-electron chi connectivity index (χ1n) is 4.56. The van der Waals surface area contributed by atoms with E-state index in [4.69, 9.17) is 5.73 Å². The van der Waals surface area contributed by atoms with Crippen LogP contribution in [-0.4, -0.2) is 9.97 Å². The van der Waals surface area contributed by atoms with Crippen molar-refractivity contribution in [2.24, 2.45) is 0 Å². The van der Waals surface area contributed by atoms with Crippen LogP contribution in [0.4, 0.5) is 5.69 Å². The maximum Gasteiger partial charge on any atom is 0.112 e. The Morgan fingerprint density at radius 2 is 2.29 bits per heavy atom. The van der Waals surface area contributed by atoms with E-state index in [1.165, 1.54) is 0 Å². The molecule has 3 rings (SSSR count). The van der Waals surface area contributed by atoms with Crippen LogP contribution in [0.25, 0.3) is 17.1 Å². The number of allylic oxidation sites excluding steroid dienone is 1. The molecule has 1 aliphatic carbocycles. The van der Waals surface area contributed by atoms with E-state index in [0.29, 0.717) is 0 Å². The molecule has 0 atom stereocenters. The van der Waals surface area contributed by atoms with Gasteiger partial charge in [0, 0.05) is 11.8 Å². The first-order valence-corrected chi connectivity index (χ1v) is 4.56. The molecule has 0 fully saturated rings. The molecule has 0 aliphatic heterocycles. The van der Waals surface area contributed by atoms with Crippen molar-refractivity contribution in [3.63, 3.8) is 0 Å². The quantitative estimate of drug-likeness (QED) is 0.677. The molecule has 0 saturated heterocycles. The number of rotatable bonds is 0. The van der Waals surface area contributed by atoms with Gasteiger partial charge >= 0.3 is 0 Å². The summed E-state index contributed by atoms with van der Waals surface area (Å²) in [4.78, 5) is 8.73. The van der Waals surface area contributed by atoms with E-state index in [1.54, 1.807) is 6.20 Å². The summed E-state index contributed by atoms with van der Waals surface area (Å²) in [5, 5.41) is 0. The van der Waals surface area contributed by atoms with Crippen LogP contribution < -0.4 is 5.73 Å². The third-order valence-electron chi connectivity index (χ3n) is 2.51. The molecule has 0 amide bonds. The molecule has 0 unspecified atom stereocenters. The number of fused-ring (bicyclic) bond motifs is 2. The van der Waals surface area contributed by atoms with Gasteiger partial charge in [-0.25, -0.2) is 4.98 Å². The van der Waals surface area contributed by atoms with Crippen molar-refractivity contribution in [2.45, 2.75) is 6.42 Å². The zero-order valence-corrected chi connectivity index (χ0v) is 7.57. The molecule has 0 radical (unpaired) electrons. The van der Waals surface area contributed by atoms with Crippen LogP contribution in [0.5, 0.6) is 0 Å². The molecule has 0 aromatic carbocycles. The molecular formula is C11H9N3. The van der Waals surface area contributed by atoms with Gasteiger partial charge in [0.15, 0.2) is 0 Å². The van der Waals surface area contributed by atoms with E-state index in [0.717, 1.165) is 34.4 Å². The zero-order chi connectivity index (χ0) is 9.54. The Hall–Kier alpha value is -1.90. The fraction of sp³-hybridized carbons (Fsp3) is 0.0909. The van der Waals surface area contributed by atoms with Crippen LogP contribution >= 0.6 is 0 Å². The number of nitrogen functional groups attached to an aromatic ring is 1. The lowest BCUT2D eigenvalue weighted by Crippen LogP contribution is -1.99. The van der Waals surface area contributed by atoms with Gasteiger partial charge in [-0.15, -0.1) is 0 Å². The summed E-state index contributed by atoms with van der Waals surface area (Å²) < 4.78 is 0. The van der Waals surface area contributed by atoms with E-state index < -0.39 is 0 Å². The van der Waals surface area contributed by atoms with Gasteiger partial charge in [0.1, 0.15) is 5.52 Å². The van der Waals surface area contributed by atoms with Crippen molar-refractivity contribution in [1.82, 2.24) is 9.97 Å². The first-order chi connectivity index (χ1) is 6.86. The van der Waals surface area contributed by atoms with Crippen molar-refractivity contribution < 1.29 is 0 Å².